The van der Waals surface area contributed by atoms with Crippen LogP contribution in [0, 0.1) is 5.92 Å². The van der Waals surface area contributed by atoms with Crippen LogP contribution in [0.3, 0.4) is 0 Å². The molecule has 0 unspecified atom stereocenters. The first-order chi connectivity index (χ1) is 6.50. The van der Waals surface area contributed by atoms with Crippen LogP contribution in [0.5, 0.6) is 0 Å². The Balaban J connectivity index is 2.58. The molecule has 0 aromatic rings. The maximum Gasteiger partial charge on any atom is 0.310 e. The summed E-state index contributed by atoms with van der Waals surface area (Å²) in [7, 11) is 0. The van der Waals surface area contributed by atoms with E-state index in [9.17, 15) is 9.59 Å². The summed E-state index contributed by atoms with van der Waals surface area (Å²) in [6, 6.07) is 0. The summed E-state index contributed by atoms with van der Waals surface area (Å²) in [6.45, 7) is 5.17. The van der Waals surface area contributed by atoms with Crippen molar-refractivity contribution in [3.05, 3.63) is 11.6 Å². The maximum atomic E-state index is 11.2. The van der Waals surface area contributed by atoms with Crippen molar-refractivity contribution in [2.75, 3.05) is 6.61 Å². The Hall–Kier alpha value is -1.16. The fraction of sp³-hybridized carbons (Fsp3) is 0.600. The number of ketones is 1. The van der Waals surface area contributed by atoms with E-state index in [-0.39, 0.29) is 24.3 Å². The predicted octanol–water partition coefficient (Wildman–Crippen LogP) is 1.06. The fourth-order valence-electron chi connectivity index (χ4n) is 1.02. The van der Waals surface area contributed by atoms with Crippen LogP contribution in [0.2, 0.25) is 0 Å². The third kappa shape index (κ3) is 2.67. The van der Waals surface area contributed by atoms with E-state index in [1.165, 1.54) is 6.08 Å². The first kappa shape index (κ1) is 10.9. The van der Waals surface area contributed by atoms with Gasteiger partial charge in [0.15, 0.2) is 5.78 Å². The number of esters is 1. The molecule has 0 aromatic carbocycles. The number of ether oxygens (including phenoxy) is 2. The fourth-order valence-corrected chi connectivity index (χ4v) is 1.02. The van der Waals surface area contributed by atoms with Crippen molar-refractivity contribution >= 4 is 11.8 Å². The third-order valence-corrected chi connectivity index (χ3v) is 1.83. The van der Waals surface area contributed by atoms with Crippen LogP contribution in [0.1, 0.15) is 20.8 Å². The second-order valence-electron chi connectivity index (χ2n) is 3.59. The minimum absolute atomic E-state index is 0.0205. The smallest absolute Gasteiger partial charge is 0.310 e. The van der Waals surface area contributed by atoms with Gasteiger partial charge < -0.3 is 9.47 Å². The molecule has 4 heteroatoms. The molecule has 0 spiro atoms. The number of carbonyl (C=O) groups excluding carboxylic acids is 2. The third-order valence-electron chi connectivity index (χ3n) is 1.83. The second-order valence-corrected chi connectivity index (χ2v) is 3.59. The standard InChI is InChI=1S/C10H14O4/c1-6(2)9(12)14-10-7(3)4-8(11)5-13-10/h4,6,10H,5H2,1-3H3/t10-/m0/s1. The summed E-state index contributed by atoms with van der Waals surface area (Å²) < 4.78 is 10.1. The van der Waals surface area contributed by atoms with Crippen molar-refractivity contribution < 1.29 is 19.1 Å². The van der Waals surface area contributed by atoms with E-state index < -0.39 is 6.29 Å². The van der Waals surface area contributed by atoms with E-state index in [0.29, 0.717) is 5.57 Å². The van der Waals surface area contributed by atoms with Gasteiger partial charge in [-0.25, -0.2) is 0 Å². The molecule has 0 N–H and O–H groups in total. The van der Waals surface area contributed by atoms with Gasteiger partial charge in [-0.15, -0.1) is 0 Å². The quantitative estimate of drug-likeness (QED) is 0.622. The summed E-state index contributed by atoms with van der Waals surface area (Å²) >= 11 is 0. The highest BCUT2D eigenvalue weighted by Crippen LogP contribution is 2.14. The van der Waals surface area contributed by atoms with Gasteiger partial charge in [0, 0.05) is 0 Å². The van der Waals surface area contributed by atoms with Crippen LogP contribution in [0.25, 0.3) is 0 Å². The Morgan fingerprint density at radius 2 is 2.29 bits per heavy atom. The molecule has 1 atom stereocenters. The van der Waals surface area contributed by atoms with E-state index in [4.69, 9.17) is 9.47 Å². The first-order valence-electron chi connectivity index (χ1n) is 4.54. The molecule has 1 rings (SSSR count). The largest absolute Gasteiger partial charge is 0.431 e. The lowest BCUT2D eigenvalue weighted by molar-refractivity contribution is -0.177. The molecule has 0 aromatic heterocycles. The molecule has 78 valence electrons. The molecule has 0 amide bonds. The lowest BCUT2D eigenvalue weighted by atomic mass is 10.2. The van der Waals surface area contributed by atoms with Gasteiger partial charge in [0.25, 0.3) is 0 Å². The Labute approximate surface area is 82.9 Å². The van der Waals surface area contributed by atoms with Crippen molar-refractivity contribution in [2.24, 2.45) is 5.92 Å². The first-order valence-corrected chi connectivity index (χ1v) is 4.54. The van der Waals surface area contributed by atoms with E-state index in [1.54, 1.807) is 20.8 Å². The van der Waals surface area contributed by atoms with Crippen LogP contribution in [-0.4, -0.2) is 24.6 Å². The number of hydrogen-bond acceptors (Lipinski definition) is 4. The summed E-state index contributed by atoms with van der Waals surface area (Å²) in [5.74, 6) is -0.611. The maximum absolute atomic E-state index is 11.2. The molecule has 0 radical (unpaired) electrons. The summed E-state index contributed by atoms with van der Waals surface area (Å²) in [5, 5.41) is 0. The minimum Gasteiger partial charge on any atom is -0.431 e. The predicted molar refractivity (Wildman–Crippen MR) is 49.4 cm³/mol. The molecule has 0 aliphatic carbocycles. The second kappa shape index (κ2) is 4.37. The highest BCUT2D eigenvalue weighted by molar-refractivity contribution is 5.92. The zero-order valence-electron chi connectivity index (χ0n) is 8.57. The minimum atomic E-state index is -0.692. The Kier molecular flexibility index (Phi) is 3.41. The normalized spacial score (nSPS) is 22.1. The summed E-state index contributed by atoms with van der Waals surface area (Å²) in [5.41, 5.74) is 0.634. The van der Waals surface area contributed by atoms with Crippen molar-refractivity contribution in [3.8, 4) is 0 Å². The van der Waals surface area contributed by atoms with Crippen molar-refractivity contribution in [1.29, 1.82) is 0 Å². The van der Waals surface area contributed by atoms with Gasteiger partial charge in [-0.2, -0.15) is 0 Å². The molecule has 1 aliphatic rings. The van der Waals surface area contributed by atoms with Crippen molar-refractivity contribution in [1.82, 2.24) is 0 Å². The highest BCUT2D eigenvalue weighted by Gasteiger charge is 2.23. The van der Waals surface area contributed by atoms with E-state index in [1.807, 2.05) is 0 Å². The Bertz CT molecular complexity index is 278. The highest BCUT2D eigenvalue weighted by atomic mass is 16.7. The van der Waals surface area contributed by atoms with Crippen molar-refractivity contribution in [3.63, 3.8) is 0 Å². The van der Waals surface area contributed by atoms with Gasteiger partial charge in [-0.1, -0.05) is 13.8 Å². The van der Waals surface area contributed by atoms with Gasteiger partial charge in [0.05, 0.1) is 5.92 Å². The van der Waals surface area contributed by atoms with Gasteiger partial charge in [0.2, 0.25) is 6.29 Å². The number of hydrogen-bond donors (Lipinski definition) is 0. The molecule has 0 saturated carbocycles. The van der Waals surface area contributed by atoms with Gasteiger partial charge in [-0.05, 0) is 18.6 Å². The van der Waals surface area contributed by atoms with E-state index >= 15 is 0 Å². The zero-order chi connectivity index (χ0) is 10.7. The van der Waals surface area contributed by atoms with Gasteiger partial charge in [-0.3, -0.25) is 9.59 Å². The molecule has 4 nitrogen and oxygen atoms in total. The molecule has 1 heterocycles. The van der Waals surface area contributed by atoms with Crippen molar-refractivity contribution in [2.45, 2.75) is 27.1 Å². The van der Waals surface area contributed by atoms with Gasteiger partial charge in [0.1, 0.15) is 6.61 Å². The SMILES string of the molecule is CC1=CC(=O)CO[C@H]1OC(=O)C(C)C. The Morgan fingerprint density at radius 3 is 2.79 bits per heavy atom. The molecule has 0 bridgehead atoms. The van der Waals surface area contributed by atoms with E-state index in [2.05, 4.69) is 0 Å². The topological polar surface area (TPSA) is 52.6 Å². The zero-order valence-corrected chi connectivity index (χ0v) is 8.57. The summed E-state index contributed by atoms with van der Waals surface area (Å²) in [6.07, 6.45) is 0.754. The average Bonchev–Trinajstić information content (AvgIpc) is 2.09. The van der Waals surface area contributed by atoms with Crippen LogP contribution in [-0.2, 0) is 19.1 Å². The van der Waals surface area contributed by atoms with Crippen LogP contribution in [0.15, 0.2) is 11.6 Å². The molecular weight excluding hydrogens is 184 g/mol. The van der Waals surface area contributed by atoms with Crippen LogP contribution in [0.4, 0.5) is 0 Å². The lowest BCUT2D eigenvalue weighted by Crippen LogP contribution is -2.30. The molecule has 1 aliphatic heterocycles. The molecular formula is C10H14O4. The Morgan fingerprint density at radius 1 is 1.64 bits per heavy atom. The number of carbonyl (C=O) groups is 2. The molecule has 0 fully saturated rings. The monoisotopic (exact) mass is 198 g/mol. The lowest BCUT2D eigenvalue weighted by Gasteiger charge is -2.22. The van der Waals surface area contributed by atoms with Gasteiger partial charge >= 0.3 is 5.97 Å². The molecule has 14 heavy (non-hydrogen) atoms. The summed E-state index contributed by atoms with van der Waals surface area (Å²) in [4.78, 5) is 22.1. The number of rotatable bonds is 2. The van der Waals surface area contributed by atoms with E-state index in [0.717, 1.165) is 0 Å². The van der Waals surface area contributed by atoms with Crippen LogP contribution < -0.4 is 0 Å². The molecule has 0 saturated heterocycles. The van der Waals surface area contributed by atoms with Crippen LogP contribution >= 0.6 is 0 Å². The average molecular weight is 198 g/mol.